The Morgan fingerprint density at radius 1 is 0.130 bits per heavy atom. The maximum atomic E-state index is 15.5. The molecule has 14 rings (SSSR count). The zero-order valence-corrected chi connectivity index (χ0v) is 70.7. The largest absolute Gasteiger partial charge is 0.416 e. The number of rotatable bonds is 12. The summed E-state index contributed by atoms with van der Waals surface area (Å²) in [4.78, 5) is 0.129. The van der Waals surface area contributed by atoms with Crippen LogP contribution in [0.5, 0.6) is 0 Å². The molecule has 772 valence electrons. The van der Waals surface area contributed by atoms with Crippen LogP contribution in [0.4, 0.5) is 211 Å². The van der Waals surface area contributed by atoms with Crippen molar-refractivity contribution >= 4 is 0 Å². The number of hydrogen-bond acceptors (Lipinski definition) is 1. The van der Waals surface area contributed by atoms with Crippen molar-refractivity contribution < 1.29 is 211 Å². The Morgan fingerprint density at radius 3 is 0.308 bits per heavy atom. The number of halogens is 48. The molecule has 1 aliphatic heterocycles. The Morgan fingerprint density at radius 2 is 0.219 bits per heavy atom. The minimum absolute atomic E-state index is 0.0651. The summed E-state index contributed by atoms with van der Waals surface area (Å²) in [7, 11) is 0.226. The maximum absolute atomic E-state index is 15.5. The lowest BCUT2D eigenvalue weighted by Gasteiger charge is -2.48. The van der Waals surface area contributed by atoms with Crippen molar-refractivity contribution in [2.24, 2.45) is 0 Å². The van der Waals surface area contributed by atoms with Gasteiger partial charge in [0.2, 0.25) is 0 Å². The molecule has 49 heteroatoms. The van der Waals surface area contributed by atoms with Crippen molar-refractivity contribution in [2.75, 3.05) is 7.05 Å². The highest BCUT2D eigenvalue weighted by Crippen LogP contribution is 2.65. The van der Waals surface area contributed by atoms with E-state index in [0.29, 0.717) is 24.3 Å². The van der Waals surface area contributed by atoms with E-state index in [9.17, 15) is 0 Å². The van der Waals surface area contributed by atoms with Crippen LogP contribution in [0.2, 0.25) is 0 Å². The first kappa shape index (κ1) is 108. The second-order valence-corrected chi connectivity index (χ2v) is 33.1. The van der Waals surface area contributed by atoms with Crippen LogP contribution in [-0.2, 0) is 110 Å². The average molecular weight is 2130 g/mol. The van der Waals surface area contributed by atoms with Gasteiger partial charge in [-0.3, -0.25) is 4.90 Å². The normalized spacial score (nSPS) is 14.8. The Balaban J connectivity index is 1.37. The van der Waals surface area contributed by atoms with Crippen LogP contribution in [0.25, 0.3) is 89.0 Å². The fourth-order valence-corrected chi connectivity index (χ4v) is 17.1. The Labute approximate surface area is 784 Å². The lowest BCUT2D eigenvalue weighted by molar-refractivity contribution is -0.144. The van der Waals surface area contributed by atoms with Gasteiger partial charge in [-0.25, -0.2) is 0 Å². The van der Waals surface area contributed by atoms with Crippen molar-refractivity contribution in [1.82, 2.24) is 4.90 Å². The highest BCUT2D eigenvalue weighted by atomic mass is 19.5. The van der Waals surface area contributed by atoms with E-state index in [4.69, 9.17) is 0 Å². The molecule has 0 aromatic heterocycles. The number of hydrogen-bond donors (Lipinski definition) is 0. The maximum Gasteiger partial charge on any atom is 0.416 e. The molecule has 1 nitrogen and oxygen atoms in total. The summed E-state index contributed by atoms with van der Waals surface area (Å²) >= 11 is 0. The minimum Gasteiger partial charge on any atom is -0.271 e. The molecule has 0 aliphatic carbocycles. The molecule has 0 saturated heterocycles. The van der Waals surface area contributed by atoms with E-state index in [1.807, 2.05) is 0 Å². The van der Waals surface area contributed by atoms with Crippen LogP contribution in [0.3, 0.4) is 0 Å². The Hall–Kier alpha value is -13.5. The van der Waals surface area contributed by atoms with Crippen LogP contribution in [0.15, 0.2) is 243 Å². The summed E-state index contributed by atoms with van der Waals surface area (Å²) < 4.78 is 746. The second kappa shape index (κ2) is 35.4. The van der Waals surface area contributed by atoms with Crippen LogP contribution in [-0.4, -0.2) is 11.9 Å². The van der Waals surface area contributed by atoms with Crippen molar-refractivity contribution in [1.29, 1.82) is 0 Å². The van der Waals surface area contributed by atoms with Crippen molar-refractivity contribution in [3.63, 3.8) is 0 Å². The molecule has 0 N–H and O–H groups in total. The third-order valence-corrected chi connectivity index (χ3v) is 23.5. The zero-order chi connectivity index (χ0) is 109. The molecule has 0 bridgehead atoms. The first-order chi connectivity index (χ1) is 66.2. The standard InChI is InChI=1S/C97H43F48N/c1-146-80(58-10-42(50-18-62(82(98,99)100)34-63(19-50)83(101,102)103)6-43(11-58)51-20-64(84(104,105)106)35-65(21-51)85(107,108)109,59-12-44(52-22-66(86(110,111)112)36-67(23-52)87(113,114)115)7-45(13-59)53-24-68(88(116,117)118)37-69(25-53)89(119,120)121)78-4-2-3-5-79(78)81(146,60-14-46(54-26-70(90(122,123)124)38-71(27-54)91(125,126)127)8-47(15-60)55-28-72(92(128,129)130)39-73(29-55)93(131,132)133)61-16-48(56-30-74(94(134,135)136)40-75(31-56)95(137,138)139)9-49(17-61)57-32-76(96(140,141)142)41-77(33-57)97(143,144)145/h2-41H,1H3. The molecule has 0 radical (unpaired) electrons. The summed E-state index contributed by atoms with van der Waals surface area (Å²) in [6, 6.07) is -8.41. The molecule has 0 spiro atoms. The average Bonchev–Trinajstić information content (AvgIpc) is 1.50. The van der Waals surface area contributed by atoms with Crippen LogP contribution >= 0.6 is 0 Å². The lowest BCUT2D eigenvalue weighted by Crippen LogP contribution is -2.51. The van der Waals surface area contributed by atoms with E-state index < -0.39 is 370 Å². The van der Waals surface area contributed by atoms with E-state index in [1.54, 1.807) is 0 Å². The monoisotopic (exact) mass is 2130 g/mol. The quantitative estimate of drug-likeness (QED) is 0.110. The van der Waals surface area contributed by atoms with Gasteiger partial charge in [0.05, 0.1) is 100 Å². The fourth-order valence-electron chi connectivity index (χ4n) is 17.1. The van der Waals surface area contributed by atoms with Gasteiger partial charge in [0.25, 0.3) is 0 Å². The predicted octanol–water partition coefficient (Wildman–Crippen LogP) is 36.9. The smallest absolute Gasteiger partial charge is 0.271 e. The first-order valence-corrected chi connectivity index (χ1v) is 40.1. The van der Waals surface area contributed by atoms with Crippen LogP contribution < -0.4 is 0 Å². The molecular weight excluding hydrogens is 2090 g/mol. The molecule has 13 aromatic rings. The van der Waals surface area contributed by atoms with E-state index in [0.717, 1.165) is 0 Å². The molecule has 13 aromatic carbocycles. The van der Waals surface area contributed by atoms with Crippen molar-refractivity contribution in [3.8, 4) is 89.0 Å². The van der Waals surface area contributed by atoms with Crippen LogP contribution in [0.1, 0.15) is 122 Å². The predicted molar refractivity (Wildman–Crippen MR) is 423 cm³/mol. The highest BCUT2D eigenvalue weighted by molar-refractivity contribution is 5.86. The molecule has 1 aliphatic rings. The summed E-state index contributed by atoms with van der Waals surface area (Å²) in [5, 5.41) is 0. The van der Waals surface area contributed by atoms with Crippen molar-refractivity contribution in [3.05, 3.63) is 365 Å². The van der Waals surface area contributed by atoms with E-state index in [2.05, 4.69) is 0 Å². The zero-order valence-electron chi connectivity index (χ0n) is 70.7. The summed E-state index contributed by atoms with van der Waals surface area (Å²) in [6.45, 7) is 0. The molecule has 0 amide bonds. The number of alkyl halides is 48. The first-order valence-electron chi connectivity index (χ1n) is 40.1. The Kier molecular flexibility index (Phi) is 26.2. The van der Waals surface area contributed by atoms with E-state index >= 15 is 211 Å². The van der Waals surface area contributed by atoms with Gasteiger partial charge in [-0.15, -0.1) is 0 Å². The fraction of sp³-hybridized carbons (Fsp3) is 0.196. The third kappa shape index (κ3) is 21.7. The van der Waals surface area contributed by atoms with Gasteiger partial charge in [0.1, 0.15) is 0 Å². The molecular formula is C97H43F48N. The van der Waals surface area contributed by atoms with E-state index in [1.165, 1.54) is 0 Å². The van der Waals surface area contributed by atoms with Gasteiger partial charge in [0, 0.05) is 0 Å². The number of nitrogens with zero attached hydrogens (tertiary/aromatic N) is 1. The van der Waals surface area contributed by atoms with Crippen molar-refractivity contribution in [2.45, 2.75) is 110 Å². The van der Waals surface area contributed by atoms with Gasteiger partial charge in [-0.1, -0.05) is 24.3 Å². The highest BCUT2D eigenvalue weighted by Gasteiger charge is 2.62. The number of benzene rings is 13. The summed E-state index contributed by atoms with van der Waals surface area (Å²) in [6.07, 6.45) is -98.8. The van der Waals surface area contributed by atoms with Gasteiger partial charge in [-0.05, 0) is 348 Å². The van der Waals surface area contributed by atoms with Gasteiger partial charge < -0.3 is 0 Å². The van der Waals surface area contributed by atoms with Gasteiger partial charge in [-0.2, -0.15) is 211 Å². The number of fused-ring (bicyclic) bond motifs is 1. The van der Waals surface area contributed by atoms with Crippen LogP contribution in [0, 0.1) is 0 Å². The Bertz CT molecular complexity index is 5820. The van der Waals surface area contributed by atoms with E-state index in [-0.39, 0.29) is 182 Å². The molecule has 146 heavy (non-hydrogen) atoms. The lowest BCUT2D eigenvalue weighted by atomic mass is 9.73. The topological polar surface area (TPSA) is 3.24 Å². The minimum atomic E-state index is -6.18. The SMILES string of the molecule is CN1C(c2cc(-c3cc(C(F)(F)F)cc(C(F)(F)F)c3)cc(-c3cc(C(F)(F)F)cc(C(F)(F)F)c3)c2)(c2cc(-c3cc(C(F)(F)F)cc(C(F)(F)F)c3)cc(-c3cc(C(F)(F)F)cc(C(F)(F)F)c3)c2)c2ccccc2C1(c1cc(-c2cc(C(F)(F)F)cc(C(F)(F)F)c2)cc(-c2cc(C(F)(F)F)cc(C(F)(F)F)c2)c1)c1cc(-c2cc(C(F)(F)F)cc(C(F)(F)F)c2)cc(-c2cc(C(F)(F)F)cc(C(F)(F)F)c2)c1. The van der Waals surface area contributed by atoms with Gasteiger partial charge >= 0.3 is 98.8 Å². The molecule has 1 heterocycles. The molecule has 0 saturated carbocycles. The van der Waals surface area contributed by atoms with Gasteiger partial charge in [0.15, 0.2) is 0 Å². The molecule has 0 unspecified atom stereocenters. The second-order valence-electron chi connectivity index (χ2n) is 33.1. The molecule has 0 atom stereocenters. The summed E-state index contributed by atoms with van der Waals surface area (Å²) in [5.41, 5.74) is -85.3. The summed E-state index contributed by atoms with van der Waals surface area (Å²) in [5.74, 6) is 0. The third-order valence-electron chi connectivity index (χ3n) is 23.5. The molecule has 0 fully saturated rings.